The molecular weight excluding hydrogens is 333 g/mol. The first-order valence-electron chi connectivity index (χ1n) is 6.45. The second-order valence-corrected chi connectivity index (χ2v) is 5.89. The molecule has 1 aromatic carbocycles. The number of halogens is 3. The van der Waals surface area contributed by atoms with E-state index >= 15 is 0 Å². The maximum Gasteiger partial charge on any atom is 0.416 e. The zero-order chi connectivity index (χ0) is 17.0. The number of rotatable bonds is 5. The maximum atomic E-state index is 12.6. The number of hydrogen-bond acceptors (Lipinski definition) is 4. The number of carbonyl (C=O) groups is 1. The van der Waals surface area contributed by atoms with Gasteiger partial charge in [-0.2, -0.15) is 13.2 Å². The fourth-order valence-corrected chi connectivity index (χ4v) is 2.15. The Balaban J connectivity index is 1.93. The summed E-state index contributed by atoms with van der Waals surface area (Å²) in [5.41, 5.74) is -0.764. The van der Waals surface area contributed by atoms with E-state index in [9.17, 15) is 22.2 Å². The third-order valence-corrected chi connectivity index (χ3v) is 3.52. The van der Waals surface area contributed by atoms with E-state index in [1.54, 1.807) is 0 Å². The van der Waals surface area contributed by atoms with Gasteiger partial charge in [0.1, 0.15) is 6.33 Å². The molecule has 0 spiro atoms. The number of hydrogen-bond donors (Lipinski definition) is 1. The largest absolute Gasteiger partial charge is 0.416 e. The van der Waals surface area contributed by atoms with Gasteiger partial charge in [-0.15, -0.1) is 5.10 Å². The van der Waals surface area contributed by atoms with Crippen LogP contribution in [-0.2, 0) is 28.3 Å². The van der Waals surface area contributed by atoms with Gasteiger partial charge >= 0.3 is 6.18 Å². The molecule has 1 unspecified atom stereocenters. The lowest BCUT2D eigenvalue weighted by Gasteiger charge is -2.09. The fraction of sp³-hybridized carbons (Fsp3) is 0.308. The Morgan fingerprint density at radius 1 is 1.39 bits per heavy atom. The molecule has 0 aliphatic carbocycles. The van der Waals surface area contributed by atoms with Crippen molar-refractivity contribution < 1.29 is 22.2 Å². The van der Waals surface area contributed by atoms with Crippen molar-refractivity contribution >= 4 is 22.4 Å². The fourth-order valence-electron chi connectivity index (χ4n) is 1.73. The van der Waals surface area contributed by atoms with Crippen LogP contribution in [0.25, 0.3) is 0 Å². The lowest BCUT2D eigenvalue weighted by molar-refractivity contribution is -0.137. The zero-order valence-corrected chi connectivity index (χ0v) is 12.8. The summed E-state index contributed by atoms with van der Waals surface area (Å²) in [7, 11) is -1.32. The Bertz CT molecular complexity index is 730. The lowest BCUT2D eigenvalue weighted by atomic mass is 10.2. The van der Waals surface area contributed by atoms with Crippen LogP contribution in [0, 0.1) is 0 Å². The highest BCUT2D eigenvalue weighted by molar-refractivity contribution is 7.84. The van der Waals surface area contributed by atoms with Gasteiger partial charge in [-0.1, -0.05) is 6.07 Å². The van der Waals surface area contributed by atoms with Crippen LogP contribution in [0.1, 0.15) is 12.0 Å². The zero-order valence-electron chi connectivity index (χ0n) is 12.0. The summed E-state index contributed by atoms with van der Waals surface area (Å²) < 4.78 is 50.3. The third-order valence-electron chi connectivity index (χ3n) is 2.81. The Morgan fingerprint density at radius 3 is 2.74 bits per heavy atom. The molecular formula is C13H13F3N4O2S. The summed E-state index contributed by atoms with van der Waals surface area (Å²) in [6.07, 6.45) is -1.70. The maximum absolute atomic E-state index is 12.6. The van der Waals surface area contributed by atoms with Crippen molar-refractivity contribution in [3.05, 3.63) is 36.2 Å². The van der Waals surface area contributed by atoms with Crippen LogP contribution in [0.2, 0.25) is 0 Å². The van der Waals surface area contributed by atoms with E-state index in [1.807, 2.05) is 0 Å². The number of aromatic nitrogens is 3. The number of anilines is 1. The highest BCUT2D eigenvalue weighted by Gasteiger charge is 2.30. The smallest absolute Gasteiger partial charge is 0.326 e. The predicted octanol–water partition coefficient (Wildman–Crippen LogP) is 2.06. The molecule has 10 heteroatoms. The van der Waals surface area contributed by atoms with Gasteiger partial charge in [-0.25, -0.2) is 4.98 Å². The predicted molar refractivity (Wildman–Crippen MR) is 77.0 cm³/mol. The van der Waals surface area contributed by atoms with Gasteiger partial charge in [-0.05, 0) is 18.2 Å². The molecule has 1 atom stereocenters. The van der Waals surface area contributed by atoms with Gasteiger partial charge in [-0.3, -0.25) is 13.7 Å². The van der Waals surface area contributed by atoms with Crippen molar-refractivity contribution in [2.24, 2.45) is 0 Å². The Morgan fingerprint density at radius 2 is 2.13 bits per heavy atom. The molecule has 2 rings (SSSR count). The first-order chi connectivity index (χ1) is 10.8. The van der Waals surface area contributed by atoms with Crippen LogP contribution in [-0.4, -0.2) is 31.1 Å². The van der Waals surface area contributed by atoms with Crippen molar-refractivity contribution in [1.82, 2.24) is 14.8 Å². The van der Waals surface area contributed by atoms with Crippen molar-refractivity contribution in [3.8, 4) is 0 Å². The molecule has 0 saturated carbocycles. The number of amides is 1. The number of aryl methyl sites for hydroxylation is 1. The molecule has 0 fully saturated rings. The van der Waals surface area contributed by atoms with Gasteiger partial charge < -0.3 is 5.32 Å². The summed E-state index contributed by atoms with van der Waals surface area (Å²) >= 11 is 0. The second kappa shape index (κ2) is 6.90. The van der Waals surface area contributed by atoms with Crippen LogP contribution in [0.3, 0.4) is 0 Å². The molecule has 2 aromatic rings. The Hall–Kier alpha value is -2.23. The van der Waals surface area contributed by atoms with E-state index in [1.165, 1.54) is 29.4 Å². The summed E-state index contributed by atoms with van der Waals surface area (Å²) in [5.74, 6) is -0.459. The van der Waals surface area contributed by atoms with E-state index in [0.29, 0.717) is 0 Å². The molecule has 1 heterocycles. The van der Waals surface area contributed by atoms with E-state index < -0.39 is 28.4 Å². The minimum Gasteiger partial charge on any atom is -0.326 e. The molecule has 124 valence electrons. The summed E-state index contributed by atoms with van der Waals surface area (Å²) in [4.78, 5) is 15.6. The summed E-state index contributed by atoms with van der Waals surface area (Å²) in [6.45, 7) is 0.176. The number of benzene rings is 1. The van der Waals surface area contributed by atoms with Crippen LogP contribution in [0.5, 0.6) is 0 Å². The highest BCUT2D eigenvalue weighted by Crippen LogP contribution is 2.30. The van der Waals surface area contributed by atoms with Crippen LogP contribution >= 0.6 is 0 Å². The normalized spacial score (nSPS) is 12.9. The molecule has 1 aromatic heterocycles. The SMILES string of the molecule is CS(=O)c1ncn(CCC(=O)Nc2cccc(C(F)(F)F)c2)n1. The van der Waals surface area contributed by atoms with E-state index in [0.717, 1.165) is 12.1 Å². The molecule has 6 nitrogen and oxygen atoms in total. The summed E-state index contributed by atoms with van der Waals surface area (Å²) in [5, 5.41) is 6.46. The van der Waals surface area contributed by atoms with Gasteiger partial charge in [0.05, 0.1) is 22.9 Å². The molecule has 0 bridgehead atoms. The van der Waals surface area contributed by atoms with Crippen molar-refractivity contribution in [3.63, 3.8) is 0 Å². The second-order valence-electron chi connectivity index (χ2n) is 4.62. The quantitative estimate of drug-likeness (QED) is 0.899. The average Bonchev–Trinajstić information content (AvgIpc) is 2.94. The van der Waals surface area contributed by atoms with Gasteiger partial charge in [0, 0.05) is 18.4 Å². The van der Waals surface area contributed by atoms with E-state index in [4.69, 9.17) is 0 Å². The molecule has 0 saturated heterocycles. The van der Waals surface area contributed by atoms with Crippen LogP contribution in [0.4, 0.5) is 18.9 Å². The molecule has 23 heavy (non-hydrogen) atoms. The number of nitrogens with zero attached hydrogens (tertiary/aromatic N) is 3. The Kier molecular flexibility index (Phi) is 5.14. The average molecular weight is 346 g/mol. The number of carbonyl (C=O) groups excluding carboxylic acids is 1. The molecule has 0 aliphatic heterocycles. The molecule has 0 aliphatic rings. The number of nitrogens with one attached hydrogen (secondary N) is 1. The topological polar surface area (TPSA) is 76.9 Å². The minimum atomic E-state index is -4.46. The lowest BCUT2D eigenvalue weighted by Crippen LogP contribution is -2.15. The Labute approximate surface area is 132 Å². The molecule has 0 radical (unpaired) electrons. The monoisotopic (exact) mass is 346 g/mol. The number of alkyl halides is 3. The van der Waals surface area contributed by atoms with Crippen molar-refractivity contribution in [2.45, 2.75) is 24.3 Å². The van der Waals surface area contributed by atoms with Crippen LogP contribution < -0.4 is 5.32 Å². The van der Waals surface area contributed by atoms with Crippen LogP contribution in [0.15, 0.2) is 35.7 Å². The highest BCUT2D eigenvalue weighted by atomic mass is 32.2. The first-order valence-corrected chi connectivity index (χ1v) is 8.01. The first kappa shape index (κ1) is 17.1. The van der Waals surface area contributed by atoms with E-state index in [2.05, 4.69) is 15.4 Å². The van der Waals surface area contributed by atoms with Crippen molar-refractivity contribution in [2.75, 3.05) is 11.6 Å². The van der Waals surface area contributed by atoms with Crippen molar-refractivity contribution in [1.29, 1.82) is 0 Å². The summed E-state index contributed by atoms with van der Waals surface area (Å²) in [6, 6.07) is 4.39. The van der Waals surface area contributed by atoms with Gasteiger partial charge in [0.25, 0.3) is 0 Å². The third kappa shape index (κ3) is 4.88. The minimum absolute atomic E-state index is 0.00457. The van der Waals surface area contributed by atoms with Gasteiger partial charge in [0.15, 0.2) is 0 Å². The molecule has 1 amide bonds. The van der Waals surface area contributed by atoms with Gasteiger partial charge in [0.2, 0.25) is 11.1 Å². The standard InChI is InChI=1S/C13H13F3N4O2S/c1-23(22)12-17-8-20(19-12)6-5-11(21)18-10-4-2-3-9(7-10)13(14,15)16/h2-4,7-8H,5-6H2,1H3,(H,18,21). The van der Waals surface area contributed by atoms with E-state index in [-0.39, 0.29) is 23.8 Å². The molecule has 1 N–H and O–H groups in total.